The quantitative estimate of drug-likeness (QED) is 0.196. The van der Waals surface area contributed by atoms with Gasteiger partial charge in [0.05, 0.1) is 0 Å². The zero-order chi connectivity index (χ0) is 32.1. The molecule has 1 heterocycles. The highest BCUT2D eigenvalue weighted by Crippen LogP contribution is 2.24. The third kappa shape index (κ3) is 10.3. The molecule has 1 aliphatic rings. The second kappa shape index (κ2) is 16.3. The fraction of sp³-hybridized carbons (Fsp3) is 0.343. The Morgan fingerprint density at radius 3 is 2.20 bits per heavy atom. The van der Waals surface area contributed by atoms with Crippen LogP contribution in [0.3, 0.4) is 0 Å². The molecule has 3 aromatic carbocycles. The van der Waals surface area contributed by atoms with E-state index in [1.54, 1.807) is 4.90 Å². The van der Waals surface area contributed by atoms with Crippen molar-refractivity contribution < 1.29 is 9.59 Å². The van der Waals surface area contributed by atoms with E-state index in [9.17, 15) is 9.59 Å². The fourth-order valence-corrected chi connectivity index (χ4v) is 4.40. The number of amides is 2. The normalized spacial score (nSPS) is 14.0. The average molecular weight is 596 g/mol. The smallest absolute Gasteiger partial charge is 0.255 e. The Bertz CT molecular complexity index is 1450. The largest absolute Gasteiger partial charge is 0.366 e. The second-order valence-corrected chi connectivity index (χ2v) is 11.8. The lowest BCUT2D eigenvalue weighted by Crippen LogP contribution is -2.43. The molecule has 4 rings (SSSR count). The summed E-state index contributed by atoms with van der Waals surface area (Å²) in [5.41, 5.74) is 6.34. The summed E-state index contributed by atoms with van der Waals surface area (Å²) < 4.78 is 0. The number of rotatable bonds is 8. The van der Waals surface area contributed by atoms with E-state index >= 15 is 0 Å². The van der Waals surface area contributed by atoms with E-state index in [-0.39, 0.29) is 11.3 Å². The zero-order valence-corrected chi connectivity index (χ0v) is 26.8. The van der Waals surface area contributed by atoms with Crippen molar-refractivity contribution in [2.45, 2.75) is 40.0 Å². The number of anilines is 2. The molecule has 0 spiro atoms. The van der Waals surface area contributed by atoms with E-state index in [4.69, 9.17) is 0 Å². The molecule has 2 amide bonds. The highest BCUT2D eigenvalue weighted by atomic mass is 16.1. The van der Waals surface area contributed by atoms with Gasteiger partial charge >= 0.3 is 0 Å². The number of carbonyl (C=O) groups is 2. The maximum atomic E-state index is 12.9. The first-order valence-electron chi connectivity index (χ1n) is 14.7. The van der Waals surface area contributed by atoms with Gasteiger partial charge in [-0.05, 0) is 74.5 Å². The summed E-state index contributed by atoms with van der Waals surface area (Å²) in [5.74, 6) is 0.270. The van der Waals surface area contributed by atoms with E-state index < -0.39 is 0 Å². The molecule has 0 atom stereocenters. The van der Waals surface area contributed by atoms with Crippen molar-refractivity contribution in [3.8, 4) is 0 Å². The SMILES string of the molecule is C=NC(=N/C=N\CNc1ccc(C)cc1)c1cccc(NC(=O)c2ccc(C(C)(C)C)cc2)c1C.CN1CCN(C=O)CC1. The maximum absolute atomic E-state index is 12.9. The first kappa shape index (κ1) is 33.9. The summed E-state index contributed by atoms with van der Waals surface area (Å²) in [6.07, 6.45) is 2.39. The van der Waals surface area contributed by atoms with Gasteiger partial charge in [-0.25, -0.2) is 9.98 Å². The molecule has 1 saturated heterocycles. The lowest BCUT2D eigenvalue weighted by Gasteiger charge is -2.29. The van der Waals surface area contributed by atoms with Gasteiger partial charge in [-0.1, -0.05) is 62.7 Å². The van der Waals surface area contributed by atoms with Crippen molar-refractivity contribution in [1.82, 2.24) is 9.80 Å². The average Bonchev–Trinajstić information content (AvgIpc) is 3.01. The number of nitrogens with one attached hydrogen (secondary N) is 2. The van der Waals surface area contributed by atoms with E-state index in [0.29, 0.717) is 23.8 Å². The molecule has 44 heavy (non-hydrogen) atoms. The summed E-state index contributed by atoms with van der Waals surface area (Å²) in [5, 5.41) is 6.21. The minimum Gasteiger partial charge on any atom is -0.366 e. The molecule has 232 valence electrons. The van der Waals surface area contributed by atoms with Crippen LogP contribution >= 0.6 is 0 Å². The molecule has 0 aliphatic carbocycles. The Labute approximate surface area is 261 Å². The van der Waals surface area contributed by atoms with Crippen LogP contribution in [-0.2, 0) is 10.2 Å². The molecule has 0 unspecified atom stereocenters. The third-order valence-corrected chi connectivity index (χ3v) is 7.36. The first-order chi connectivity index (χ1) is 21.0. The first-order valence-corrected chi connectivity index (χ1v) is 14.7. The van der Waals surface area contributed by atoms with Crippen LogP contribution in [0.1, 0.15) is 53.4 Å². The predicted molar refractivity (Wildman–Crippen MR) is 184 cm³/mol. The van der Waals surface area contributed by atoms with Gasteiger partial charge in [0.15, 0.2) is 5.84 Å². The highest BCUT2D eigenvalue weighted by Gasteiger charge is 2.16. The van der Waals surface area contributed by atoms with Crippen LogP contribution in [0.15, 0.2) is 81.7 Å². The number of piperazine rings is 1. The Morgan fingerprint density at radius 1 is 0.955 bits per heavy atom. The number of benzene rings is 3. The van der Waals surface area contributed by atoms with Gasteiger partial charge in [0, 0.05) is 48.7 Å². The molecule has 0 bridgehead atoms. The van der Waals surface area contributed by atoms with Crippen LogP contribution in [0.4, 0.5) is 11.4 Å². The standard InChI is InChI=1S/C29H33N5O.C6H12N2O/c1-20-10-16-24(17-11-20)32-18-31-19-33-27(30-6)25-8-7-9-26(21(25)2)34-28(35)22-12-14-23(15-13-22)29(3,4)5;1-7-2-4-8(6-9)5-3-7/h7-17,19,32H,6,18H2,1-5H3,(H,34,35);6H,2-5H2,1H3/b31-19-,33-27?;. The Kier molecular flexibility index (Phi) is 12.5. The monoisotopic (exact) mass is 595 g/mol. The Balaban J connectivity index is 0.000000502. The van der Waals surface area contributed by atoms with E-state index in [1.807, 2.05) is 80.6 Å². The van der Waals surface area contributed by atoms with Crippen molar-refractivity contribution in [1.29, 1.82) is 0 Å². The molecule has 9 nitrogen and oxygen atoms in total. The van der Waals surface area contributed by atoms with Crippen LogP contribution in [0, 0.1) is 13.8 Å². The van der Waals surface area contributed by atoms with Crippen LogP contribution in [-0.4, -0.2) is 80.9 Å². The third-order valence-electron chi connectivity index (χ3n) is 7.36. The number of hydrogen-bond donors (Lipinski definition) is 2. The molecule has 1 fully saturated rings. The van der Waals surface area contributed by atoms with Gasteiger partial charge in [-0.2, -0.15) is 0 Å². The fourth-order valence-electron chi connectivity index (χ4n) is 4.40. The minimum absolute atomic E-state index is 0.0351. The van der Waals surface area contributed by atoms with Gasteiger partial charge in [0.25, 0.3) is 5.91 Å². The highest BCUT2D eigenvalue weighted by molar-refractivity contribution is 6.09. The summed E-state index contributed by atoms with van der Waals surface area (Å²) in [7, 11) is 2.07. The number of nitrogens with zero attached hydrogens (tertiary/aromatic N) is 5. The topological polar surface area (TPSA) is 102 Å². The predicted octanol–water partition coefficient (Wildman–Crippen LogP) is 5.79. The van der Waals surface area contributed by atoms with Gasteiger partial charge in [-0.15, -0.1) is 0 Å². The summed E-state index contributed by atoms with van der Waals surface area (Å²) in [6.45, 7) is 18.3. The molecular formula is C35H45N7O2. The number of aliphatic imine (C=N–C) groups is 3. The van der Waals surface area contributed by atoms with Crippen molar-refractivity contribution >= 4 is 42.6 Å². The number of carbonyl (C=O) groups excluding carboxylic acids is 2. The molecule has 2 N–H and O–H groups in total. The molecule has 0 radical (unpaired) electrons. The van der Waals surface area contributed by atoms with Crippen LogP contribution in [0.5, 0.6) is 0 Å². The summed E-state index contributed by atoms with van der Waals surface area (Å²) in [4.78, 5) is 39.8. The van der Waals surface area contributed by atoms with Crippen molar-refractivity contribution in [3.05, 3.63) is 94.5 Å². The molecule has 0 saturated carbocycles. The van der Waals surface area contributed by atoms with Gasteiger partial charge < -0.3 is 20.4 Å². The molecule has 0 aromatic heterocycles. The van der Waals surface area contributed by atoms with E-state index in [2.05, 4.69) is 65.0 Å². The number of hydrogen-bond acceptors (Lipinski definition) is 5. The Morgan fingerprint density at radius 2 is 1.61 bits per heavy atom. The number of likely N-dealkylation sites (N-methyl/N-ethyl adjacent to an activating group) is 1. The lowest BCUT2D eigenvalue weighted by atomic mass is 9.86. The van der Waals surface area contributed by atoms with Gasteiger partial charge in [-0.3, -0.25) is 14.6 Å². The van der Waals surface area contributed by atoms with Crippen molar-refractivity contribution in [2.75, 3.05) is 50.5 Å². The number of amidine groups is 1. The molecule has 9 heteroatoms. The van der Waals surface area contributed by atoms with Crippen LogP contribution in [0.2, 0.25) is 0 Å². The minimum atomic E-state index is -0.167. The van der Waals surface area contributed by atoms with Crippen molar-refractivity contribution in [2.24, 2.45) is 15.0 Å². The van der Waals surface area contributed by atoms with Gasteiger partial charge in [0.1, 0.15) is 13.0 Å². The Hall–Kier alpha value is -4.63. The van der Waals surface area contributed by atoms with Crippen molar-refractivity contribution in [3.63, 3.8) is 0 Å². The molecular weight excluding hydrogens is 550 g/mol. The summed E-state index contributed by atoms with van der Waals surface area (Å²) in [6, 6.07) is 21.4. The zero-order valence-electron chi connectivity index (χ0n) is 26.8. The summed E-state index contributed by atoms with van der Waals surface area (Å²) >= 11 is 0. The van der Waals surface area contributed by atoms with Crippen LogP contribution < -0.4 is 10.6 Å². The molecule has 1 aliphatic heterocycles. The maximum Gasteiger partial charge on any atom is 0.255 e. The van der Waals surface area contributed by atoms with E-state index in [1.165, 1.54) is 17.5 Å². The second-order valence-electron chi connectivity index (χ2n) is 11.8. The van der Waals surface area contributed by atoms with Gasteiger partial charge in [0.2, 0.25) is 6.41 Å². The lowest BCUT2D eigenvalue weighted by molar-refractivity contribution is -0.119. The molecule has 3 aromatic rings. The van der Waals surface area contributed by atoms with Crippen LogP contribution in [0.25, 0.3) is 0 Å². The number of aryl methyl sites for hydroxylation is 1. The van der Waals surface area contributed by atoms with E-state index in [0.717, 1.165) is 49.4 Å².